The fourth-order valence-corrected chi connectivity index (χ4v) is 3.12. The Morgan fingerprint density at radius 1 is 1.23 bits per heavy atom. The van der Waals surface area contributed by atoms with E-state index in [1.165, 1.54) is 12.1 Å². The molecule has 5 heteroatoms. The molecule has 1 fully saturated rings. The van der Waals surface area contributed by atoms with E-state index in [0.29, 0.717) is 11.9 Å². The van der Waals surface area contributed by atoms with Gasteiger partial charge in [-0.1, -0.05) is 18.2 Å². The summed E-state index contributed by atoms with van der Waals surface area (Å²) in [5.74, 6) is 0.688. The van der Waals surface area contributed by atoms with Crippen molar-refractivity contribution in [1.82, 2.24) is 20.1 Å². The highest BCUT2D eigenvalue weighted by Crippen LogP contribution is 2.32. The summed E-state index contributed by atoms with van der Waals surface area (Å²) in [6, 6.07) is 12.5. The average Bonchev–Trinajstić information content (AvgIpc) is 3.30. The van der Waals surface area contributed by atoms with Gasteiger partial charge < -0.3 is 4.42 Å². The topological polar surface area (TPSA) is 58.0 Å². The Bertz CT molecular complexity index is 720. The second-order valence-corrected chi connectivity index (χ2v) is 5.65. The number of hydrogen-bond donors (Lipinski definition) is 1. The van der Waals surface area contributed by atoms with Crippen LogP contribution in [0.1, 0.15) is 30.3 Å². The summed E-state index contributed by atoms with van der Waals surface area (Å²) >= 11 is 0. The van der Waals surface area contributed by atoms with E-state index in [1.54, 1.807) is 6.26 Å². The highest BCUT2D eigenvalue weighted by molar-refractivity contribution is 5.52. The Kier molecular flexibility index (Phi) is 3.48. The van der Waals surface area contributed by atoms with E-state index in [1.807, 2.05) is 36.5 Å². The molecule has 1 N–H and O–H groups in total. The predicted molar refractivity (Wildman–Crippen MR) is 82.9 cm³/mol. The van der Waals surface area contributed by atoms with E-state index in [0.717, 1.165) is 30.8 Å². The largest absolute Gasteiger partial charge is 0.444 e. The number of hydrogen-bond acceptors (Lipinski definition) is 4. The molecule has 22 heavy (non-hydrogen) atoms. The Balaban J connectivity index is 1.51. The minimum Gasteiger partial charge on any atom is -0.444 e. The van der Waals surface area contributed by atoms with Crippen LogP contribution in [0.25, 0.3) is 11.5 Å². The molecular formula is C17H18N4O. The highest BCUT2D eigenvalue weighted by atomic mass is 16.3. The molecule has 1 saturated heterocycles. The van der Waals surface area contributed by atoms with E-state index >= 15 is 0 Å². The van der Waals surface area contributed by atoms with Crippen LogP contribution in [0, 0.1) is 0 Å². The zero-order valence-electron chi connectivity index (χ0n) is 12.3. The van der Waals surface area contributed by atoms with Crippen molar-refractivity contribution in [2.24, 2.45) is 0 Å². The number of likely N-dealkylation sites (tertiary alicyclic amines) is 1. The average molecular weight is 294 g/mol. The quantitative estimate of drug-likeness (QED) is 0.801. The molecule has 3 aromatic rings. The molecule has 4 rings (SSSR count). The summed E-state index contributed by atoms with van der Waals surface area (Å²) in [7, 11) is 0. The van der Waals surface area contributed by atoms with Crippen LogP contribution in [0.4, 0.5) is 0 Å². The molecule has 0 amide bonds. The first kappa shape index (κ1) is 13.3. The number of nitrogens with zero attached hydrogens (tertiary/aromatic N) is 3. The normalized spacial score (nSPS) is 18.8. The van der Waals surface area contributed by atoms with Crippen molar-refractivity contribution in [1.29, 1.82) is 0 Å². The number of aromatic amines is 1. The van der Waals surface area contributed by atoms with Gasteiger partial charge in [0, 0.05) is 18.3 Å². The third kappa shape index (κ3) is 2.55. The van der Waals surface area contributed by atoms with Crippen LogP contribution in [0.5, 0.6) is 0 Å². The van der Waals surface area contributed by atoms with E-state index < -0.39 is 0 Å². The zero-order chi connectivity index (χ0) is 14.8. The van der Waals surface area contributed by atoms with Gasteiger partial charge >= 0.3 is 0 Å². The summed E-state index contributed by atoms with van der Waals surface area (Å²) < 4.78 is 5.63. The first-order valence-electron chi connectivity index (χ1n) is 7.63. The smallest absolute Gasteiger partial charge is 0.226 e. The van der Waals surface area contributed by atoms with E-state index in [2.05, 4.69) is 26.1 Å². The van der Waals surface area contributed by atoms with Crippen LogP contribution in [-0.4, -0.2) is 26.6 Å². The molecule has 0 unspecified atom stereocenters. The van der Waals surface area contributed by atoms with Gasteiger partial charge in [-0.25, -0.2) is 4.98 Å². The number of rotatable bonds is 4. The second kappa shape index (κ2) is 5.77. The number of H-pyrrole nitrogens is 1. The van der Waals surface area contributed by atoms with Gasteiger partial charge in [0.2, 0.25) is 5.89 Å². The first-order chi connectivity index (χ1) is 10.9. The fourth-order valence-electron chi connectivity index (χ4n) is 3.12. The minimum atomic E-state index is 0.402. The third-order valence-corrected chi connectivity index (χ3v) is 4.18. The van der Waals surface area contributed by atoms with Crippen LogP contribution < -0.4 is 0 Å². The Morgan fingerprint density at radius 3 is 2.95 bits per heavy atom. The number of nitrogens with one attached hydrogen (secondary N) is 1. The van der Waals surface area contributed by atoms with E-state index in [-0.39, 0.29) is 0 Å². The van der Waals surface area contributed by atoms with E-state index in [4.69, 9.17) is 4.42 Å². The van der Waals surface area contributed by atoms with Crippen molar-refractivity contribution in [2.75, 3.05) is 6.54 Å². The fraction of sp³-hybridized carbons (Fsp3) is 0.294. The first-order valence-corrected chi connectivity index (χ1v) is 7.63. The van der Waals surface area contributed by atoms with Crippen molar-refractivity contribution in [3.8, 4) is 11.5 Å². The number of benzene rings is 1. The van der Waals surface area contributed by atoms with Gasteiger partial charge in [0.25, 0.3) is 0 Å². The van der Waals surface area contributed by atoms with E-state index in [9.17, 15) is 0 Å². The maximum Gasteiger partial charge on any atom is 0.226 e. The molecule has 0 saturated carbocycles. The summed E-state index contributed by atoms with van der Waals surface area (Å²) in [5, 5.41) is 7.16. The maximum absolute atomic E-state index is 5.63. The third-order valence-electron chi connectivity index (χ3n) is 4.18. The standard InChI is InChI=1S/C17H18N4O/c1-2-5-13(6-3-1)17-19-14(12-22-17)11-21-10-4-7-16(21)15-8-9-18-20-15/h1-3,5-6,8-9,12,16H,4,7,10-11H2,(H,18,20)/t16-/m0/s1. The lowest BCUT2D eigenvalue weighted by Gasteiger charge is -2.21. The van der Waals surface area contributed by atoms with Crippen LogP contribution in [0.15, 0.2) is 53.3 Å². The predicted octanol–water partition coefficient (Wildman–Crippen LogP) is 3.40. The monoisotopic (exact) mass is 294 g/mol. The van der Waals surface area contributed by atoms with Gasteiger partial charge in [0.05, 0.1) is 17.4 Å². The summed E-state index contributed by atoms with van der Waals surface area (Å²) in [6.45, 7) is 1.89. The number of oxazole rings is 1. The molecule has 3 heterocycles. The van der Waals surface area contributed by atoms with Crippen LogP contribution >= 0.6 is 0 Å². The van der Waals surface area contributed by atoms with Crippen LogP contribution in [0.3, 0.4) is 0 Å². The molecule has 0 aliphatic carbocycles. The molecule has 0 spiro atoms. The Hall–Kier alpha value is -2.40. The van der Waals surface area contributed by atoms with Crippen molar-refractivity contribution in [2.45, 2.75) is 25.4 Å². The summed E-state index contributed by atoms with van der Waals surface area (Å²) in [5.41, 5.74) is 3.18. The Labute approximate surface area is 129 Å². The van der Waals surface area contributed by atoms with Gasteiger partial charge in [0.1, 0.15) is 6.26 Å². The molecule has 2 aromatic heterocycles. The van der Waals surface area contributed by atoms with Crippen LogP contribution in [0.2, 0.25) is 0 Å². The molecule has 112 valence electrons. The molecular weight excluding hydrogens is 276 g/mol. The van der Waals surface area contributed by atoms with Gasteiger partial charge in [-0.15, -0.1) is 0 Å². The van der Waals surface area contributed by atoms with Crippen molar-refractivity contribution in [3.05, 3.63) is 60.2 Å². The van der Waals surface area contributed by atoms with Gasteiger partial charge in [-0.05, 0) is 37.6 Å². The van der Waals surface area contributed by atoms with Crippen molar-refractivity contribution in [3.63, 3.8) is 0 Å². The highest BCUT2D eigenvalue weighted by Gasteiger charge is 2.27. The minimum absolute atomic E-state index is 0.402. The Morgan fingerprint density at radius 2 is 2.14 bits per heavy atom. The molecule has 5 nitrogen and oxygen atoms in total. The molecule has 0 bridgehead atoms. The zero-order valence-corrected chi connectivity index (χ0v) is 12.3. The molecule has 1 aromatic carbocycles. The van der Waals surface area contributed by atoms with Crippen LogP contribution in [-0.2, 0) is 6.54 Å². The van der Waals surface area contributed by atoms with Crippen molar-refractivity contribution < 1.29 is 4.42 Å². The van der Waals surface area contributed by atoms with Gasteiger partial charge in [0.15, 0.2) is 0 Å². The van der Waals surface area contributed by atoms with Gasteiger partial charge in [-0.3, -0.25) is 10.00 Å². The molecule has 0 radical (unpaired) electrons. The lowest BCUT2D eigenvalue weighted by Crippen LogP contribution is -2.23. The summed E-state index contributed by atoms with van der Waals surface area (Å²) in [4.78, 5) is 7.06. The van der Waals surface area contributed by atoms with Crippen molar-refractivity contribution >= 4 is 0 Å². The summed E-state index contributed by atoms with van der Waals surface area (Å²) in [6.07, 6.45) is 5.94. The maximum atomic E-state index is 5.63. The SMILES string of the molecule is c1ccc(-c2nc(CN3CCC[C@H]3c3ccn[nH]3)co2)cc1. The number of aromatic nitrogens is 3. The van der Waals surface area contributed by atoms with Gasteiger partial charge in [-0.2, -0.15) is 5.10 Å². The second-order valence-electron chi connectivity index (χ2n) is 5.65. The lowest BCUT2D eigenvalue weighted by molar-refractivity contribution is 0.241. The molecule has 1 aliphatic rings. The lowest BCUT2D eigenvalue weighted by atomic mass is 10.1. The molecule has 1 atom stereocenters. The molecule has 1 aliphatic heterocycles.